The number of ether oxygens (including phenoxy) is 4. The maximum atomic E-state index is 5.51. The minimum Gasteiger partial charge on any atom is -0.352 e. The van der Waals surface area contributed by atoms with Gasteiger partial charge in [0.15, 0.2) is 12.6 Å². The van der Waals surface area contributed by atoms with E-state index in [0.29, 0.717) is 39.5 Å². The van der Waals surface area contributed by atoms with Gasteiger partial charge in [0, 0.05) is 39.5 Å². The fourth-order valence-electron chi connectivity index (χ4n) is 1.63. The Labute approximate surface area is 111 Å². The Hall–Kier alpha value is -0.200. The van der Waals surface area contributed by atoms with Gasteiger partial charge in [0.25, 0.3) is 0 Å². The van der Waals surface area contributed by atoms with Crippen molar-refractivity contribution < 1.29 is 18.9 Å². The van der Waals surface area contributed by atoms with Crippen LogP contribution in [-0.2, 0) is 18.9 Å². The second kappa shape index (κ2) is 11.9. The van der Waals surface area contributed by atoms with Crippen LogP contribution in [0.3, 0.4) is 0 Å². The second-order valence-corrected chi connectivity index (χ2v) is 3.90. The van der Waals surface area contributed by atoms with Gasteiger partial charge in [0.05, 0.1) is 0 Å². The lowest BCUT2D eigenvalue weighted by molar-refractivity contribution is -0.168. The molecule has 0 aliphatic carbocycles. The first kappa shape index (κ1) is 17.8. The highest BCUT2D eigenvalue weighted by Crippen LogP contribution is 2.02. The molecule has 0 heterocycles. The lowest BCUT2D eigenvalue weighted by Gasteiger charge is -2.27. The Morgan fingerprint density at radius 1 is 0.667 bits per heavy atom. The molecule has 0 saturated heterocycles. The van der Waals surface area contributed by atoms with Crippen LogP contribution in [0.15, 0.2) is 0 Å². The Morgan fingerprint density at radius 3 is 1.17 bits per heavy atom. The van der Waals surface area contributed by atoms with E-state index in [9.17, 15) is 0 Å². The lowest BCUT2D eigenvalue weighted by Crippen LogP contribution is -2.39. The van der Waals surface area contributed by atoms with E-state index in [4.69, 9.17) is 18.9 Å². The Kier molecular flexibility index (Phi) is 11.7. The van der Waals surface area contributed by atoms with Crippen LogP contribution in [0.1, 0.15) is 27.7 Å². The Morgan fingerprint density at radius 2 is 0.944 bits per heavy atom. The summed E-state index contributed by atoms with van der Waals surface area (Å²) in [5, 5.41) is 0. The van der Waals surface area contributed by atoms with Gasteiger partial charge in [0.1, 0.15) is 0 Å². The van der Waals surface area contributed by atoms with Crippen molar-refractivity contribution in [2.75, 3.05) is 46.6 Å². The number of nitrogens with zero attached hydrogens (tertiary/aromatic N) is 1. The van der Waals surface area contributed by atoms with Gasteiger partial charge in [-0.3, -0.25) is 4.90 Å². The molecule has 0 rings (SSSR count). The zero-order valence-corrected chi connectivity index (χ0v) is 12.5. The molecule has 0 radical (unpaired) electrons. The average Bonchev–Trinajstić information content (AvgIpc) is 2.30. The van der Waals surface area contributed by atoms with E-state index in [1.807, 2.05) is 34.7 Å². The van der Waals surface area contributed by atoms with Crippen molar-refractivity contribution in [1.82, 2.24) is 4.90 Å². The van der Waals surface area contributed by atoms with E-state index < -0.39 is 0 Å². The predicted molar refractivity (Wildman–Crippen MR) is 71.6 cm³/mol. The molecule has 0 aromatic carbocycles. The summed E-state index contributed by atoms with van der Waals surface area (Å²) >= 11 is 0. The topological polar surface area (TPSA) is 40.2 Å². The van der Waals surface area contributed by atoms with Crippen molar-refractivity contribution in [2.45, 2.75) is 40.3 Å². The van der Waals surface area contributed by atoms with E-state index in [0.717, 1.165) is 0 Å². The molecule has 0 aromatic rings. The number of rotatable bonds is 12. The molecule has 0 unspecified atom stereocenters. The van der Waals surface area contributed by atoms with Crippen LogP contribution < -0.4 is 0 Å². The molecular formula is C13H29NO4. The minimum atomic E-state index is -0.186. The number of likely N-dealkylation sites (N-methyl/N-ethyl adjacent to an activating group) is 1. The first-order chi connectivity index (χ1) is 8.67. The molecule has 18 heavy (non-hydrogen) atoms. The molecule has 0 spiro atoms. The van der Waals surface area contributed by atoms with Crippen molar-refractivity contribution in [1.29, 1.82) is 0 Å². The lowest BCUT2D eigenvalue weighted by atomic mass is 10.4. The smallest absolute Gasteiger partial charge is 0.170 e. The highest BCUT2D eigenvalue weighted by Gasteiger charge is 2.16. The van der Waals surface area contributed by atoms with Crippen LogP contribution in [-0.4, -0.2) is 64.0 Å². The third-order valence-electron chi connectivity index (χ3n) is 2.33. The van der Waals surface area contributed by atoms with Gasteiger partial charge >= 0.3 is 0 Å². The van der Waals surface area contributed by atoms with E-state index >= 15 is 0 Å². The summed E-state index contributed by atoms with van der Waals surface area (Å²) in [4.78, 5) is 2.10. The van der Waals surface area contributed by atoms with E-state index in [-0.39, 0.29) is 12.6 Å². The van der Waals surface area contributed by atoms with Gasteiger partial charge in [-0.25, -0.2) is 0 Å². The Balaban J connectivity index is 4.05. The van der Waals surface area contributed by atoms with Crippen LogP contribution in [0, 0.1) is 0 Å². The maximum Gasteiger partial charge on any atom is 0.170 e. The van der Waals surface area contributed by atoms with Gasteiger partial charge < -0.3 is 18.9 Å². The highest BCUT2D eigenvalue weighted by molar-refractivity contribution is 4.58. The first-order valence-corrected chi connectivity index (χ1v) is 6.82. The van der Waals surface area contributed by atoms with Gasteiger partial charge in [-0.1, -0.05) is 0 Å². The van der Waals surface area contributed by atoms with Crippen molar-refractivity contribution in [2.24, 2.45) is 0 Å². The normalized spacial score (nSPS) is 12.0. The van der Waals surface area contributed by atoms with Gasteiger partial charge in [0.2, 0.25) is 0 Å². The van der Waals surface area contributed by atoms with Crippen molar-refractivity contribution in [3.8, 4) is 0 Å². The third kappa shape index (κ3) is 8.83. The zero-order valence-electron chi connectivity index (χ0n) is 12.5. The Bertz CT molecular complexity index is 150. The standard InChI is InChI=1S/C13H29NO4/c1-6-15-12(16-7-2)10-14(5)11-13(17-8-3)18-9-4/h12-13H,6-11H2,1-5H3. The molecular weight excluding hydrogens is 234 g/mol. The molecule has 0 N–H and O–H groups in total. The molecule has 0 saturated carbocycles. The van der Waals surface area contributed by atoms with E-state index in [1.54, 1.807) is 0 Å². The van der Waals surface area contributed by atoms with Crippen molar-refractivity contribution in [3.05, 3.63) is 0 Å². The third-order valence-corrected chi connectivity index (χ3v) is 2.33. The summed E-state index contributed by atoms with van der Waals surface area (Å²) < 4.78 is 22.0. The fraction of sp³-hybridized carbons (Fsp3) is 1.00. The van der Waals surface area contributed by atoms with Crippen LogP contribution in [0.2, 0.25) is 0 Å². The largest absolute Gasteiger partial charge is 0.352 e. The maximum absolute atomic E-state index is 5.51. The molecule has 0 aromatic heterocycles. The summed E-state index contributed by atoms with van der Waals surface area (Å²) in [5.74, 6) is 0. The SMILES string of the molecule is CCOC(CN(C)CC(OCC)OCC)OCC. The molecule has 0 amide bonds. The molecule has 110 valence electrons. The van der Waals surface area contributed by atoms with Crippen LogP contribution >= 0.6 is 0 Å². The van der Waals surface area contributed by atoms with E-state index in [2.05, 4.69) is 4.90 Å². The molecule has 5 heteroatoms. The average molecular weight is 263 g/mol. The van der Waals surface area contributed by atoms with Crippen LogP contribution in [0.25, 0.3) is 0 Å². The van der Waals surface area contributed by atoms with Crippen LogP contribution in [0.4, 0.5) is 0 Å². The molecule has 0 atom stereocenters. The van der Waals surface area contributed by atoms with Crippen molar-refractivity contribution >= 4 is 0 Å². The number of hydrogen-bond acceptors (Lipinski definition) is 5. The highest BCUT2D eigenvalue weighted by atomic mass is 16.7. The fourth-order valence-corrected chi connectivity index (χ4v) is 1.63. The summed E-state index contributed by atoms with van der Waals surface area (Å²) in [6.07, 6.45) is -0.372. The van der Waals surface area contributed by atoms with Gasteiger partial charge in [-0.2, -0.15) is 0 Å². The first-order valence-electron chi connectivity index (χ1n) is 6.82. The second-order valence-electron chi connectivity index (χ2n) is 3.90. The summed E-state index contributed by atoms with van der Waals surface area (Å²) in [5.41, 5.74) is 0. The van der Waals surface area contributed by atoms with Gasteiger partial charge in [-0.15, -0.1) is 0 Å². The molecule has 0 bridgehead atoms. The monoisotopic (exact) mass is 263 g/mol. The molecule has 5 nitrogen and oxygen atoms in total. The molecule has 0 aliphatic rings. The zero-order chi connectivity index (χ0) is 13.8. The quantitative estimate of drug-likeness (QED) is 0.501. The predicted octanol–water partition coefficient (Wildman–Crippen LogP) is 1.72. The number of hydrogen-bond donors (Lipinski definition) is 0. The van der Waals surface area contributed by atoms with Crippen molar-refractivity contribution in [3.63, 3.8) is 0 Å². The summed E-state index contributed by atoms with van der Waals surface area (Å²) in [6, 6.07) is 0. The minimum absolute atomic E-state index is 0.186. The molecule has 0 aliphatic heterocycles. The van der Waals surface area contributed by atoms with Crippen LogP contribution in [0.5, 0.6) is 0 Å². The van der Waals surface area contributed by atoms with E-state index in [1.165, 1.54) is 0 Å². The van der Waals surface area contributed by atoms with Gasteiger partial charge in [-0.05, 0) is 34.7 Å². The summed E-state index contributed by atoms with van der Waals surface area (Å²) in [7, 11) is 2.01. The summed E-state index contributed by atoms with van der Waals surface area (Å²) in [6.45, 7) is 11.9. The molecule has 0 fully saturated rings.